The summed E-state index contributed by atoms with van der Waals surface area (Å²) in [5, 5.41) is 5.03. The molecule has 2 nitrogen and oxygen atoms in total. The standard InChI is InChI=1S/C52H40N2/c1-37-21-27-42(28-22-37)54(43-29-23-38(2)24-30-43)46-35-33-45(34-36-46)53(41-15-7-4-8-16-41)44-31-25-40(26-32-44)52-49-19-11-9-17-47(49)51(39-13-5-3-6-14-39)48-18-10-12-20-50(48)52/h3-36H,1-2H3. The Bertz CT molecular complexity index is 2580. The summed E-state index contributed by atoms with van der Waals surface area (Å²) in [4.78, 5) is 4.66. The number of fused-ring (bicyclic) bond motifs is 2. The van der Waals surface area contributed by atoms with Gasteiger partial charge in [-0.3, -0.25) is 0 Å². The van der Waals surface area contributed by atoms with Gasteiger partial charge in [0, 0.05) is 34.1 Å². The van der Waals surface area contributed by atoms with E-state index in [1.54, 1.807) is 0 Å². The smallest absolute Gasteiger partial charge is 0.0463 e. The highest BCUT2D eigenvalue weighted by atomic mass is 15.2. The molecule has 0 fully saturated rings. The number of hydrogen-bond acceptors (Lipinski definition) is 2. The van der Waals surface area contributed by atoms with Crippen LogP contribution in [0.15, 0.2) is 206 Å². The monoisotopic (exact) mass is 692 g/mol. The van der Waals surface area contributed by atoms with Crippen LogP contribution in [0.3, 0.4) is 0 Å². The molecule has 0 bridgehead atoms. The molecule has 0 radical (unpaired) electrons. The van der Waals surface area contributed by atoms with Gasteiger partial charge in [-0.1, -0.05) is 145 Å². The molecule has 0 aliphatic heterocycles. The van der Waals surface area contributed by atoms with Gasteiger partial charge in [0.15, 0.2) is 0 Å². The fourth-order valence-electron chi connectivity index (χ4n) is 7.74. The van der Waals surface area contributed by atoms with Gasteiger partial charge in [-0.05, 0) is 130 Å². The van der Waals surface area contributed by atoms with Crippen molar-refractivity contribution < 1.29 is 0 Å². The first kappa shape index (κ1) is 33.0. The lowest BCUT2D eigenvalue weighted by molar-refractivity contribution is 1.25. The number of hydrogen-bond donors (Lipinski definition) is 0. The SMILES string of the molecule is Cc1ccc(N(c2ccc(C)cc2)c2ccc(N(c3ccccc3)c3ccc(-c4c5ccccc5c(-c5ccccc5)c5ccccc45)cc3)cc2)cc1. The fraction of sp³-hybridized carbons (Fsp3) is 0.0385. The molecular formula is C52H40N2. The molecule has 9 aromatic carbocycles. The lowest BCUT2D eigenvalue weighted by Crippen LogP contribution is -2.12. The van der Waals surface area contributed by atoms with E-state index in [1.807, 2.05) is 0 Å². The maximum absolute atomic E-state index is 2.34. The first-order valence-electron chi connectivity index (χ1n) is 18.6. The van der Waals surface area contributed by atoms with Gasteiger partial charge < -0.3 is 9.80 Å². The number of nitrogens with zero attached hydrogens (tertiary/aromatic N) is 2. The average Bonchev–Trinajstić information content (AvgIpc) is 3.23. The summed E-state index contributed by atoms with van der Waals surface area (Å²) in [5.74, 6) is 0. The Morgan fingerprint density at radius 3 is 0.870 bits per heavy atom. The van der Waals surface area contributed by atoms with Gasteiger partial charge in [0.25, 0.3) is 0 Å². The van der Waals surface area contributed by atoms with E-state index in [1.165, 1.54) is 54.9 Å². The van der Waals surface area contributed by atoms with Crippen molar-refractivity contribution >= 4 is 55.7 Å². The second kappa shape index (κ2) is 14.3. The van der Waals surface area contributed by atoms with Crippen molar-refractivity contribution in [2.75, 3.05) is 9.80 Å². The van der Waals surface area contributed by atoms with Gasteiger partial charge in [-0.15, -0.1) is 0 Å². The minimum absolute atomic E-state index is 1.09. The molecule has 2 heteroatoms. The van der Waals surface area contributed by atoms with Gasteiger partial charge in [-0.25, -0.2) is 0 Å². The van der Waals surface area contributed by atoms with E-state index < -0.39 is 0 Å². The topological polar surface area (TPSA) is 6.48 Å². The van der Waals surface area contributed by atoms with Gasteiger partial charge in [0.05, 0.1) is 0 Å². The molecule has 0 aromatic heterocycles. The Hall–Kier alpha value is -6.90. The maximum Gasteiger partial charge on any atom is 0.0463 e. The summed E-state index contributed by atoms with van der Waals surface area (Å²) in [5.41, 5.74) is 14.1. The van der Waals surface area contributed by atoms with E-state index >= 15 is 0 Å². The highest BCUT2D eigenvalue weighted by Crippen LogP contribution is 2.45. The van der Waals surface area contributed by atoms with Gasteiger partial charge in [-0.2, -0.15) is 0 Å². The summed E-state index contributed by atoms with van der Waals surface area (Å²) < 4.78 is 0. The van der Waals surface area contributed by atoms with Crippen LogP contribution in [0.4, 0.5) is 34.1 Å². The summed E-state index contributed by atoms with van der Waals surface area (Å²) in [6.45, 7) is 4.26. The summed E-state index contributed by atoms with van der Waals surface area (Å²) in [7, 11) is 0. The summed E-state index contributed by atoms with van der Waals surface area (Å²) in [6, 6.07) is 74.6. The minimum Gasteiger partial charge on any atom is -0.311 e. The first-order valence-corrected chi connectivity index (χ1v) is 18.6. The van der Waals surface area contributed by atoms with E-state index in [2.05, 4.69) is 230 Å². The molecule has 0 amide bonds. The minimum atomic E-state index is 1.09. The normalized spacial score (nSPS) is 11.1. The maximum atomic E-state index is 2.34. The Balaban J connectivity index is 1.14. The molecule has 258 valence electrons. The number of benzene rings is 9. The molecule has 9 rings (SSSR count). The molecule has 0 heterocycles. The summed E-state index contributed by atoms with van der Waals surface area (Å²) in [6.07, 6.45) is 0. The second-order valence-corrected chi connectivity index (χ2v) is 13.9. The largest absolute Gasteiger partial charge is 0.311 e. The lowest BCUT2D eigenvalue weighted by atomic mass is 9.86. The van der Waals surface area contributed by atoms with Crippen molar-refractivity contribution in [3.8, 4) is 22.3 Å². The Labute approximate surface area is 317 Å². The molecule has 54 heavy (non-hydrogen) atoms. The first-order chi connectivity index (χ1) is 26.6. The van der Waals surface area contributed by atoms with Crippen LogP contribution in [0.2, 0.25) is 0 Å². The zero-order valence-corrected chi connectivity index (χ0v) is 30.5. The van der Waals surface area contributed by atoms with E-state index in [0.29, 0.717) is 0 Å². The van der Waals surface area contributed by atoms with Crippen molar-refractivity contribution in [1.82, 2.24) is 0 Å². The number of aryl methyl sites for hydroxylation is 2. The number of para-hydroxylation sites is 1. The second-order valence-electron chi connectivity index (χ2n) is 13.9. The number of rotatable bonds is 8. The third kappa shape index (κ3) is 6.18. The third-order valence-corrected chi connectivity index (χ3v) is 10.4. The molecule has 0 atom stereocenters. The van der Waals surface area contributed by atoms with Gasteiger partial charge in [0.1, 0.15) is 0 Å². The highest BCUT2D eigenvalue weighted by Gasteiger charge is 2.19. The molecule has 0 saturated carbocycles. The van der Waals surface area contributed by atoms with Crippen LogP contribution >= 0.6 is 0 Å². The van der Waals surface area contributed by atoms with Gasteiger partial charge in [0.2, 0.25) is 0 Å². The van der Waals surface area contributed by atoms with Crippen molar-refractivity contribution in [2.45, 2.75) is 13.8 Å². The highest BCUT2D eigenvalue weighted by molar-refractivity contribution is 6.21. The third-order valence-electron chi connectivity index (χ3n) is 10.4. The lowest BCUT2D eigenvalue weighted by Gasteiger charge is -2.28. The molecule has 0 N–H and O–H groups in total. The van der Waals surface area contributed by atoms with Gasteiger partial charge >= 0.3 is 0 Å². The fourth-order valence-corrected chi connectivity index (χ4v) is 7.74. The molecule has 0 saturated heterocycles. The molecule has 0 unspecified atom stereocenters. The summed E-state index contributed by atoms with van der Waals surface area (Å²) >= 11 is 0. The Morgan fingerprint density at radius 2 is 0.500 bits per heavy atom. The molecular weight excluding hydrogens is 653 g/mol. The molecule has 0 aliphatic carbocycles. The van der Waals surface area contributed by atoms with Crippen molar-refractivity contribution in [3.05, 3.63) is 217 Å². The Kier molecular flexibility index (Phi) is 8.70. The zero-order chi connectivity index (χ0) is 36.4. The molecule has 0 spiro atoms. The Morgan fingerprint density at radius 1 is 0.241 bits per heavy atom. The predicted molar refractivity (Wildman–Crippen MR) is 231 cm³/mol. The quantitative estimate of drug-likeness (QED) is 0.146. The van der Waals surface area contributed by atoms with E-state index in [9.17, 15) is 0 Å². The molecule has 0 aliphatic rings. The van der Waals surface area contributed by atoms with Crippen molar-refractivity contribution in [1.29, 1.82) is 0 Å². The molecule has 9 aromatic rings. The zero-order valence-electron chi connectivity index (χ0n) is 30.5. The number of anilines is 6. The predicted octanol–water partition coefficient (Wildman–Crippen LogP) is 14.9. The van der Waals surface area contributed by atoms with E-state index in [4.69, 9.17) is 0 Å². The van der Waals surface area contributed by atoms with Crippen LogP contribution < -0.4 is 9.80 Å². The van der Waals surface area contributed by atoms with Crippen LogP contribution in [0.5, 0.6) is 0 Å². The van der Waals surface area contributed by atoms with Crippen LogP contribution in [0, 0.1) is 13.8 Å². The van der Waals surface area contributed by atoms with E-state index in [0.717, 1.165) is 34.1 Å². The van der Waals surface area contributed by atoms with Crippen molar-refractivity contribution in [3.63, 3.8) is 0 Å². The average molecular weight is 693 g/mol. The van der Waals surface area contributed by atoms with Crippen LogP contribution in [-0.4, -0.2) is 0 Å². The van der Waals surface area contributed by atoms with E-state index in [-0.39, 0.29) is 0 Å². The van der Waals surface area contributed by atoms with Crippen LogP contribution in [0.25, 0.3) is 43.8 Å². The van der Waals surface area contributed by atoms with Crippen LogP contribution in [-0.2, 0) is 0 Å². The van der Waals surface area contributed by atoms with Crippen molar-refractivity contribution in [2.24, 2.45) is 0 Å². The van der Waals surface area contributed by atoms with Crippen LogP contribution in [0.1, 0.15) is 11.1 Å².